The molecule has 0 saturated heterocycles. The van der Waals surface area contributed by atoms with Crippen molar-refractivity contribution in [3.05, 3.63) is 23.8 Å². The number of halogens is 2. The highest BCUT2D eigenvalue weighted by molar-refractivity contribution is 5.17. The molecule has 1 aliphatic carbocycles. The maximum atomic E-state index is 12.5. The van der Waals surface area contributed by atoms with Gasteiger partial charge in [0, 0.05) is 6.08 Å². The third kappa shape index (κ3) is 4.27. The largest absolute Gasteiger partial charge is 0.212 e. The first-order valence-corrected chi connectivity index (χ1v) is 4.42. The van der Waals surface area contributed by atoms with Crippen LogP contribution in [0.1, 0.15) is 33.6 Å². The van der Waals surface area contributed by atoms with Crippen LogP contribution >= 0.6 is 0 Å². The monoisotopic (exact) mass is 174 g/mol. The lowest BCUT2D eigenvalue weighted by Gasteiger charge is -1.99. The third-order valence-corrected chi connectivity index (χ3v) is 1.58. The predicted octanol–water partition coefficient (Wildman–Crippen LogP) is 4.15. The molecule has 0 radical (unpaired) electrons. The van der Waals surface area contributed by atoms with E-state index in [1.54, 1.807) is 0 Å². The van der Waals surface area contributed by atoms with Crippen LogP contribution in [-0.2, 0) is 0 Å². The summed E-state index contributed by atoms with van der Waals surface area (Å²) in [6.45, 7) is 5.88. The molecule has 12 heavy (non-hydrogen) atoms. The van der Waals surface area contributed by atoms with Crippen LogP contribution in [0.15, 0.2) is 23.8 Å². The molecule has 0 fully saturated rings. The topological polar surface area (TPSA) is 0 Å². The summed E-state index contributed by atoms with van der Waals surface area (Å²) in [6, 6.07) is 0. The first kappa shape index (κ1) is 11.3. The van der Waals surface area contributed by atoms with Crippen LogP contribution in [0, 0.1) is 5.92 Å². The fourth-order valence-electron chi connectivity index (χ4n) is 0.991. The van der Waals surface area contributed by atoms with E-state index in [-0.39, 0.29) is 11.7 Å². The maximum absolute atomic E-state index is 12.5. The average Bonchev–Trinajstić information content (AvgIpc) is 2.16. The van der Waals surface area contributed by atoms with Crippen LogP contribution < -0.4 is 0 Å². The zero-order valence-electron chi connectivity index (χ0n) is 7.90. The van der Waals surface area contributed by atoms with Gasteiger partial charge in [0.1, 0.15) is 11.7 Å². The minimum absolute atomic E-state index is 0.157. The van der Waals surface area contributed by atoms with Gasteiger partial charge in [0.2, 0.25) is 0 Å². The van der Waals surface area contributed by atoms with Crippen molar-refractivity contribution in [1.82, 2.24) is 0 Å². The van der Waals surface area contributed by atoms with E-state index in [0.717, 1.165) is 6.08 Å². The Hall–Kier alpha value is -0.660. The molecule has 1 aliphatic rings. The molecule has 0 heterocycles. The van der Waals surface area contributed by atoms with Crippen LogP contribution in [0.4, 0.5) is 8.78 Å². The Bertz CT molecular complexity index is 180. The quantitative estimate of drug-likeness (QED) is 0.517. The van der Waals surface area contributed by atoms with Crippen LogP contribution in [0.5, 0.6) is 0 Å². The van der Waals surface area contributed by atoms with Crippen molar-refractivity contribution >= 4 is 0 Å². The normalized spacial score (nSPS) is 22.9. The van der Waals surface area contributed by atoms with Crippen molar-refractivity contribution < 1.29 is 8.78 Å². The summed E-state index contributed by atoms with van der Waals surface area (Å²) in [5, 5.41) is 0. The zero-order valence-corrected chi connectivity index (χ0v) is 7.90. The SMILES string of the molecule is CC.CC1C=C(F)C=C(F)CC1. The van der Waals surface area contributed by atoms with Crippen LogP contribution in [-0.4, -0.2) is 0 Å². The zero-order chi connectivity index (χ0) is 9.56. The molecule has 0 spiro atoms. The molecular formula is C10H16F2. The summed E-state index contributed by atoms with van der Waals surface area (Å²) in [5.41, 5.74) is 0. The minimum atomic E-state index is -0.442. The summed E-state index contributed by atoms with van der Waals surface area (Å²) < 4.78 is 24.9. The molecule has 1 unspecified atom stereocenters. The van der Waals surface area contributed by atoms with Gasteiger partial charge in [-0.2, -0.15) is 0 Å². The summed E-state index contributed by atoms with van der Waals surface area (Å²) in [6.07, 6.45) is 3.48. The van der Waals surface area contributed by atoms with E-state index < -0.39 is 5.83 Å². The third-order valence-electron chi connectivity index (χ3n) is 1.58. The molecule has 0 aromatic carbocycles. The number of hydrogen-bond acceptors (Lipinski definition) is 0. The molecule has 0 aromatic heterocycles. The van der Waals surface area contributed by atoms with Crippen molar-refractivity contribution in [3.8, 4) is 0 Å². The molecule has 0 amide bonds. The summed E-state index contributed by atoms with van der Waals surface area (Å²) in [5.74, 6) is -0.634. The van der Waals surface area contributed by atoms with Crippen LogP contribution in [0.2, 0.25) is 0 Å². The molecule has 1 rings (SSSR count). The molecule has 0 nitrogen and oxygen atoms in total. The fraction of sp³-hybridized carbons (Fsp3) is 0.600. The van der Waals surface area contributed by atoms with Gasteiger partial charge < -0.3 is 0 Å². The molecule has 0 aromatic rings. The highest BCUT2D eigenvalue weighted by Gasteiger charge is 2.07. The molecular weight excluding hydrogens is 158 g/mol. The van der Waals surface area contributed by atoms with E-state index in [1.165, 1.54) is 6.08 Å². The number of allylic oxidation sites excluding steroid dienone is 4. The Morgan fingerprint density at radius 3 is 2.50 bits per heavy atom. The summed E-state index contributed by atoms with van der Waals surface area (Å²) in [7, 11) is 0. The molecule has 0 saturated carbocycles. The van der Waals surface area contributed by atoms with Gasteiger partial charge in [-0.3, -0.25) is 0 Å². The highest BCUT2D eigenvalue weighted by Crippen LogP contribution is 2.22. The van der Waals surface area contributed by atoms with Crippen molar-refractivity contribution in [3.63, 3.8) is 0 Å². The van der Waals surface area contributed by atoms with Crippen molar-refractivity contribution in [2.24, 2.45) is 5.92 Å². The molecule has 1 atom stereocenters. The van der Waals surface area contributed by atoms with Crippen molar-refractivity contribution in [2.45, 2.75) is 33.6 Å². The standard InChI is InChI=1S/C8H10F2.C2H6/c1-6-2-3-7(9)5-8(10)4-6;1-2/h4-6H,2-3H2,1H3;1-2H3. The van der Waals surface area contributed by atoms with E-state index >= 15 is 0 Å². The fourth-order valence-corrected chi connectivity index (χ4v) is 0.991. The number of rotatable bonds is 0. The van der Waals surface area contributed by atoms with Gasteiger partial charge >= 0.3 is 0 Å². The Morgan fingerprint density at radius 2 is 1.92 bits per heavy atom. The van der Waals surface area contributed by atoms with Crippen LogP contribution in [0.3, 0.4) is 0 Å². The maximum Gasteiger partial charge on any atom is 0.122 e. The van der Waals surface area contributed by atoms with Crippen molar-refractivity contribution in [2.75, 3.05) is 0 Å². The summed E-state index contributed by atoms with van der Waals surface area (Å²) >= 11 is 0. The van der Waals surface area contributed by atoms with Gasteiger partial charge in [-0.25, -0.2) is 8.78 Å². The van der Waals surface area contributed by atoms with Gasteiger partial charge in [-0.1, -0.05) is 20.8 Å². The first-order valence-electron chi connectivity index (χ1n) is 4.42. The van der Waals surface area contributed by atoms with Gasteiger partial charge in [-0.15, -0.1) is 0 Å². The average molecular weight is 174 g/mol. The lowest BCUT2D eigenvalue weighted by Crippen LogP contribution is -1.86. The highest BCUT2D eigenvalue weighted by atomic mass is 19.1. The predicted molar refractivity (Wildman–Crippen MR) is 48.1 cm³/mol. The first-order chi connectivity index (χ1) is 5.68. The lowest BCUT2D eigenvalue weighted by atomic mass is 10.1. The lowest BCUT2D eigenvalue weighted by molar-refractivity contribution is 0.543. The molecule has 0 bridgehead atoms. The number of hydrogen-bond donors (Lipinski definition) is 0. The summed E-state index contributed by atoms with van der Waals surface area (Å²) in [4.78, 5) is 0. The smallest absolute Gasteiger partial charge is 0.122 e. The second kappa shape index (κ2) is 5.92. The van der Waals surface area contributed by atoms with E-state index in [2.05, 4.69) is 0 Å². The van der Waals surface area contributed by atoms with Gasteiger partial charge in [0.05, 0.1) is 0 Å². The van der Waals surface area contributed by atoms with E-state index in [0.29, 0.717) is 12.8 Å². The van der Waals surface area contributed by atoms with E-state index in [4.69, 9.17) is 0 Å². The second-order valence-electron chi connectivity index (χ2n) is 2.66. The van der Waals surface area contributed by atoms with Gasteiger partial charge in [-0.05, 0) is 24.8 Å². The second-order valence-corrected chi connectivity index (χ2v) is 2.66. The van der Waals surface area contributed by atoms with E-state index in [9.17, 15) is 8.78 Å². The van der Waals surface area contributed by atoms with Crippen LogP contribution in [0.25, 0.3) is 0 Å². The van der Waals surface area contributed by atoms with Gasteiger partial charge in [0.15, 0.2) is 0 Å². The molecule has 70 valence electrons. The Kier molecular flexibility index (Phi) is 5.60. The molecule has 2 heteroatoms. The van der Waals surface area contributed by atoms with E-state index in [1.807, 2.05) is 20.8 Å². The van der Waals surface area contributed by atoms with Gasteiger partial charge in [0.25, 0.3) is 0 Å². The Morgan fingerprint density at radius 1 is 1.33 bits per heavy atom. The molecule has 0 aliphatic heterocycles. The minimum Gasteiger partial charge on any atom is -0.212 e. The Balaban J connectivity index is 0.000000561. The van der Waals surface area contributed by atoms with Crippen molar-refractivity contribution in [1.29, 1.82) is 0 Å². The molecule has 0 N–H and O–H groups in total. The Labute approximate surface area is 73.0 Å².